The molecule has 0 aliphatic heterocycles. The Balaban J connectivity index is 1.51. The molecule has 1 aromatic heterocycles. The van der Waals surface area contributed by atoms with Crippen molar-refractivity contribution in [3.05, 3.63) is 83.6 Å². The van der Waals surface area contributed by atoms with E-state index in [0.29, 0.717) is 11.5 Å². The molecule has 0 radical (unpaired) electrons. The van der Waals surface area contributed by atoms with Gasteiger partial charge in [-0.2, -0.15) is 5.10 Å². The molecular formula is C22H19N3O. The lowest BCUT2D eigenvalue weighted by molar-refractivity contribution is 0.0956. The third kappa shape index (κ3) is 3.70. The Kier molecular flexibility index (Phi) is 4.56. The molecule has 1 N–H and O–H groups in total. The number of hydrazone groups is 1. The summed E-state index contributed by atoms with van der Waals surface area (Å²) >= 11 is 0. The Morgan fingerprint density at radius 2 is 1.85 bits per heavy atom. The molecule has 0 bridgehead atoms. The molecule has 1 fully saturated rings. The van der Waals surface area contributed by atoms with Gasteiger partial charge in [0, 0.05) is 23.2 Å². The van der Waals surface area contributed by atoms with Crippen LogP contribution < -0.4 is 5.43 Å². The van der Waals surface area contributed by atoms with Crippen LogP contribution in [-0.2, 0) is 0 Å². The zero-order valence-corrected chi connectivity index (χ0v) is 14.3. The number of benzene rings is 2. The van der Waals surface area contributed by atoms with E-state index in [2.05, 4.69) is 10.5 Å². The molecule has 1 heterocycles. The van der Waals surface area contributed by atoms with Crippen LogP contribution in [0.5, 0.6) is 0 Å². The molecular weight excluding hydrogens is 322 g/mol. The minimum Gasteiger partial charge on any atom is -0.267 e. The second kappa shape index (κ2) is 7.31. The summed E-state index contributed by atoms with van der Waals surface area (Å²) in [4.78, 5) is 17.3. The monoisotopic (exact) mass is 341 g/mol. The van der Waals surface area contributed by atoms with Gasteiger partial charge < -0.3 is 0 Å². The lowest BCUT2D eigenvalue weighted by Gasteiger charge is -2.08. The maximum Gasteiger partial charge on any atom is 0.272 e. The van der Waals surface area contributed by atoms with Gasteiger partial charge in [0.25, 0.3) is 5.91 Å². The minimum absolute atomic E-state index is 0.213. The molecule has 1 saturated carbocycles. The summed E-state index contributed by atoms with van der Waals surface area (Å²) in [6.07, 6.45) is 7.61. The van der Waals surface area contributed by atoms with Crippen LogP contribution in [0.1, 0.15) is 40.4 Å². The molecule has 4 heteroatoms. The Hall–Kier alpha value is -3.27. The highest BCUT2D eigenvalue weighted by atomic mass is 16.2. The van der Waals surface area contributed by atoms with Gasteiger partial charge in [-0.05, 0) is 36.6 Å². The number of hydrogen-bond acceptors (Lipinski definition) is 3. The third-order valence-electron chi connectivity index (χ3n) is 4.39. The first-order chi connectivity index (χ1) is 12.8. The van der Waals surface area contributed by atoms with Gasteiger partial charge in [-0.15, -0.1) is 0 Å². The molecule has 128 valence electrons. The van der Waals surface area contributed by atoms with Crippen molar-refractivity contribution in [3.8, 4) is 0 Å². The van der Waals surface area contributed by atoms with Gasteiger partial charge >= 0.3 is 0 Å². The number of allylic oxidation sites excluding steroid dienone is 1. The van der Waals surface area contributed by atoms with E-state index < -0.39 is 0 Å². The number of aromatic nitrogens is 1. The van der Waals surface area contributed by atoms with Gasteiger partial charge in [-0.3, -0.25) is 9.78 Å². The fourth-order valence-electron chi connectivity index (χ4n) is 2.89. The molecule has 3 aromatic rings. The van der Waals surface area contributed by atoms with Crippen molar-refractivity contribution >= 4 is 29.1 Å². The van der Waals surface area contributed by atoms with Gasteiger partial charge in [0.15, 0.2) is 0 Å². The van der Waals surface area contributed by atoms with Crippen LogP contribution in [0.25, 0.3) is 17.0 Å². The smallest absolute Gasteiger partial charge is 0.267 e. The Bertz CT molecular complexity index is 989. The summed E-state index contributed by atoms with van der Waals surface area (Å²) in [6, 6.07) is 19.6. The number of nitrogens with one attached hydrogen (secondary N) is 1. The second-order valence-corrected chi connectivity index (χ2v) is 6.38. The van der Waals surface area contributed by atoms with Crippen LogP contribution in [0.2, 0.25) is 0 Å². The number of para-hydroxylation sites is 1. The van der Waals surface area contributed by atoms with E-state index >= 15 is 0 Å². The van der Waals surface area contributed by atoms with E-state index in [4.69, 9.17) is 4.98 Å². The molecule has 1 amide bonds. The number of nitrogens with zero attached hydrogens (tertiary/aromatic N) is 2. The van der Waals surface area contributed by atoms with Gasteiger partial charge in [0.2, 0.25) is 0 Å². The molecule has 1 aliphatic carbocycles. The number of fused-ring (bicyclic) bond motifs is 1. The van der Waals surface area contributed by atoms with E-state index in [1.165, 1.54) is 0 Å². The first kappa shape index (κ1) is 16.2. The number of amides is 1. The Labute approximate surface area is 152 Å². The highest BCUT2D eigenvalue weighted by Gasteiger charge is 2.26. The van der Waals surface area contributed by atoms with Gasteiger partial charge in [0.05, 0.1) is 11.1 Å². The molecule has 0 spiro atoms. The number of carbonyl (C=O) groups is 1. The van der Waals surface area contributed by atoms with Crippen LogP contribution in [0.3, 0.4) is 0 Å². The van der Waals surface area contributed by atoms with Crippen LogP contribution in [0.15, 0.2) is 71.8 Å². The minimum atomic E-state index is -0.213. The quantitative estimate of drug-likeness (QED) is 0.547. The largest absolute Gasteiger partial charge is 0.272 e. The lowest BCUT2D eigenvalue weighted by Crippen LogP contribution is -2.18. The average molecular weight is 341 g/mol. The molecule has 0 unspecified atom stereocenters. The summed E-state index contributed by atoms with van der Waals surface area (Å²) in [5, 5.41) is 4.88. The fourth-order valence-corrected chi connectivity index (χ4v) is 2.89. The van der Waals surface area contributed by atoms with Crippen LogP contribution in [0, 0.1) is 0 Å². The number of rotatable bonds is 5. The molecule has 2 aromatic carbocycles. The number of carbonyl (C=O) groups excluding carboxylic acids is 1. The number of hydrogen-bond donors (Lipinski definition) is 1. The third-order valence-corrected chi connectivity index (χ3v) is 4.39. The van der Waals surface area contributed by atoms with Gasteiger partial charge in [-0.25, -0.2) is 5.43 Å². The SMILES string of the molecule is O=C(NN=CC=Cc1ccccc1)c1cc(C2CC2)nc2ccccc12. The van der Waals surface area contributed by atoms with E-state index in [-0.39, 0.29) is 5.91 Å². The van der Waals surface area contributed by atoms with Crippen LogP contribution in [-0.4, -0.2) is 17.1 Å². The summed E-state index contributed by atoms with van der Waals surface area (Å²) in [5.41, 5.74) is 6.18. The summed E-state index contributed by atoms with van der Waals surface area (Å²) < 4.78 is 0. The topological polar surface area (TPSA) is 54.4 Å². The predicted molar refractivity (Wildman–Crippen MR) is 105 cm³/mol. The first-order valence-electron chi connectivity index (χ1n) is 8.76. The molecule has 4 rings (SSSR count). The van der Waals surface area contributed by atoms with Crippen molar-refractivity contribution in [3.63, 3.8) is 0 Å². The molecule has 4 nitrogen and oxygen atoms in total. The van der Waals surface area contributed by atoms with Gasteiger partial charge in [0.1, 0.15) is 0 Å². The summed E-state index contributed by atoms with van der Waals surface area (Å²) in [7, 11) is 0. The molecule has 0 atom stereocenters. The maximum atomic E-state index is 12.6. The highest BCUT2D eigenvalue weighted by molar-refractivity contribution is 6.06. The van der Waals surface area contributed by atoms with Crippen LogP contribution >= 0.6 is 0 Å². The maximum absolute atomic E-state index is 12.6. The fraction of sp³-hybridized carbons (Fsp3) is 0.136. The van der Waals surface area contributed by atoms with E-state index in [1.807, 2.05) is 66.7 Å². The van der Waals surface area contributed by atoms with E-state index in [9.17, 15) is 4.79 Å². The summed E-state index contributed by atoms with van der Waals surface area (Å²) in [6.45, 7) is 0. The average Bonchev–Trinajstić information content (AvgIpc) is 3.53. The van der Waals surface area contributed by atoms with Crippen molar-refractivity contribution < 1.29 is 4.79 Å². The summed E-state index contributed by atoms with van der Waals surface area (Å²) in [5.74, 6) is 0.276. The Morgan fingerprint density at radius 1 is 1.08 bits per heavy atom. The van der Waals surface area contributed by atoms with Crippen molar-refractivity contribution in [1.29, 1.82) is 0 Å². The van der Waals surface area contributed by atoms with E-state index in [0.717, 1.165) is 35.0 Å². The Morgan fingerprint density at radius 3 is 2.65 bits per heavy atom. The van der Waals surface area contributed by atoms with Crippen molar-refractivity contribution in [2.45, 2.75) is 18.8 Å². The zero-order valence-electron chi connectivity index (χ0n) is 14.3. The standard InChI is InChI=1S/C22H19N3O/c26-22(25-23-14-6-9-16-7-2-1-3-8-16)19-15-21(17-12-13-17)24-20-11-5-4-10-18(19)20/h1-11,14-15,17H,12-13H2,(H,25,26). The lowest BCUT2D eigenvalue weighted by atomic mass is 10.1. The van der Waals surface area contributed by atoms with Gasteiger partial charge in [-0.1, -0.05) is 54.6 Å². The van der Waals surface area contributed by atoms with Crippen molar-refractivity contribution in [2.75, 3.05) is 0 Å². The van der Waals surface area contributed by atoms with E-state index in [1.54, 1.807) is 12.3 Å². The second-order valence-electron chi connectivity index (χ2n) is 6.38. The van der Waals surface area contributed by atoms with Crippen molar-refractivity contribution in [2.24, 2.45) is 5.10 Å². The van der Waals surface area contributed by atoms with Crippen molar-refractivity contribution in [1.82, 2.24) is 10.4 Å². The van der Waals surface area contributed by atoms with Crippen LogP contribution in [0.4, 0.5) is 0 Å². The number of pyridine rings is 1. The highest BCUT2D eigenvalue weighted by Crippen LogP contribution is 2.40. The molecule has 26 heavy (non-hydrogen) atoms. The molecule has 0 saturated heterocycles. The first-order valence-corrected chi connectivity index (χ1v) is 8.76. The zero-order chi connectivity index (χ0) is 17.8. The molecule has 1 aliphatic rings. The predicted octanol–water partition coefficient (Wildman–Crippen LogP) is 4.54. The normalized spacial score (nSPS) is 14.3.